The lowest BCUT2D eigenvalue weighted by atomic mass is 10.0. The van der Waals surface area contributed by atoms with E-state index in [1.807, 2.05) is 13.8 Å². The quantitative estimate of drug-likeness (QED) is 0.796. The van der Waals surface area contributed by atoms with Crippen LogP contribution < -0.4 is 5.56 Å². The standard InChI is InChI=1S/C17H23N3O5/c1-10(2)8-20-9-18-14-13(16(20)22)12(11(3)25-14)15(21)19-6-4-17(23,24)5-7-19/h9-10,23-24H,4-8H2,1-3H3. The van der Waals surface area contributed by atoms with Crippen molar-refractivity contribution in [3.63, 3.8) is 0 Å². The molecule has 1 fully saturated rings. The Hall–Kier alpha value is -2.19. The van der Waals surface area contributed by atoms with Gasteiger partial charge in [-0.2, -0.15) is 0 Å². The van der Waals surface area contributed by atoms with Crippen LogP contribution >= 0.6 is 0 Å². The molecular weight excluding hydrogens is 326 g/mol. The van der Waals surface area contributed by atoms with Gasteiger partial charge in [-0.05, 0) is 12.8 Å². The summed E-state index contributed by atoms with van der Waals surface area (Å²) in [6.07, 6.45) is 1.58. The Balaban J connectivity index is 2.02. The summed E-state index contributed by atoms with van der Waals surface area (Å²) >= 11 is 0. The van der Waals surface area contributed by atoms with E-state index in [9.17, 15) is 19.8 Å². The van der Waals surface area contributed by atoms with Crippen LogP contribution in [-0.2, 0) is 6.54 Å². The monoisotopic (exact) mass is 349 g/mol. The lowest BCUT2D eigenvalue weighted by molar-refractivity contribution is -0.185. The van der Waals surface area contributed by atoms with E-state index in [4.69, 9.17) is 4.42 Å². The van der Waals surface area contributed by atoms with Gasteiger partial charge in [0.25, 0.3) is 11.5 Å². The zero-order chi connectivity index (χ0) is 18.4. The van der Waals surface area contributed by atoms with Crippen LogP contribution in [0.25, 0.3) is 11.1 Å². The fourth-order valence-electron chi connectivity index (χ4n) is 3.14. The Morgan fingerprint density at radius 1 is 1.36 bits per heavy atom. The first kappa shape index (κ1) is 17.6. The van der Waals surface area contributed by atoms with E-state index < -0.39 is 5.79 Å². The van der Waals surface area contributed by atoms with Crippen molar-refractivity contribution < 1.29 is 19.4 Å². The van der Waals surface area contributed by atoms with E-state index in [-0.39, 0.29) is 60.0 Å². The van der Waals surface area contributed by atoms with Gasteiger partial charge in [-0.1, -0.05) is 13.8 Å². The van der Waals surface area contributed by atoms with Crippen molar-refractivity contribution in [3.8, 4) is 0 Å². The summed E-state index contributed by atoms with van der Waals surface area (Å²) in [5, 5.41) is 19.5. The molecule has 25 heavy (non-hydrogen) atoms. The number of piperidine rings is 1. The lowest BCUT2D eigenvalue weighted by Crippen LogP contribution is -2.46. The highest BCUT2D eigenvalue weighted by molar-refractivity contribution is 6.06. The Labute approximate surface area is 144 Å². The average Bonchev–Trinajstić information content (AvgIpc) is 2.86. The molecule has 0 bridgehead atoms. The van der Waals surface area contributed by atoms with Crippen LogP contribution in [-0.4, -0.2) is 49.4 Å². The number of nitrogens with zero attached hydrogens (tertiary/aromatic N) is 3. The van der Waals surface area contributed by atoms with Gasteiger partial charge in [0.05, 0.1) is 5.56 Å². The molecule has 136 valence electrons. The van der Waals surface area contributed by atoms with Crippen molar-refractivity contribution in [2.45, 2.75) is 45.9 Å². The Kier molecular flexibility index (Phi) is 4.42. The Morgan fingerprint density at radius 2 is 2.00 bits per heavy atom. The van der Waals surface area contributed by atoms with Crippen LogP contribution in [0.3, 0.4) is 0 Å². The van der Waals surface area contributed by atoms with Gasteiger partial charge in [-0.25, -0.2) is 4.98 Å². The van der Waals surface area contributed by atoms with Gasteiger partial charge < -0.3 is 19.5 Å². The number of furan rings is 1. The number of aliphatic hydroxyl groups is 2. The third kappa shape index (κ3) is 3.32. The van der Waals surface area contributed by atoms with E-state index in [1.54, 1.807) is 6.92 Å². The second kappa shape index (κ2) is 6.27. The number of carbonyl (C=O) groups excluding carboxylic acids is 1. The molecule has 2 aromatic rings. The highest BCUT2D eigenvalue weighted by Crippen LogP contribution is 2.26. The van der Waals surface area contributed by atoms with Crippen molar-refractivity contribution in [1.29, 1.82) is 0 Å². The summed E-state index contributed by atoms with van der Waals surface area (Å²) in [5.41, 5.74) is 0.0742. The molecule has 0 aromatic carbocycles. The smallest absolute Gasteiger partial charge is 0.265 e. The maximum absolute atomic E-state index is 12.9. The van der Waals surface area contributed by atoms with Gasteiger partial charge in [0.2, 0.25) is 5.71 Å². The summed E-state index contributed by atoms with van der Waals surface area (Å²) in [4.78, 5) is 31.4. The van der Waals surface area contributed by atoms with E-state index in [1.165, 1.54) is 15.8 Å². The van der Waals surface area contributed by atoms with Crippen LogP contribution in [0.4, 0.5) is 0 Å². The maximum Gasteiger partial charge on any atom is 0.265 e. The summed E-state index contributed by atoms with van der Waals surface area (Å²) in [6.45, 7) is 6.53. The third-order valence-corrected chi connectivity index (χ3v) is 4.48. The predicted octanol–water partition coefficient (Wildman–Crippen LogP) is 0.871. The minimum absolute atomic E-state index is 0.0728. The number of rotatable bonds is 3. The number of carbonyl (C=O) groups is 1. The molecule has 1 aliphatic heterocycles. The summed E-state index contributed by atoms with van der Waals surface area (Å²) in [7, 11) is 0. The topological polar surface area (TPSA) is 109 Å². The molecule has 1 amide bonds. The van der Waals surface area contributed by atoms with E-state index in [0.29, 0.717) is 12.3 Å². The summed E-state index contributed by atoms with van der Waals surface area (Å²) in [5.74, 6) is -1.48. The Bertz CT molecular complexity index is 855. The predicted molar refractivity (Wildman–Crippen MR) is 90.2 cm³/mol. The molecule has 8 nitrogen and oxygen atoms in total. The number of aromatic nitrogens is 2. The van der Waals surface area contributed by atoms with Crippen molar-refractivity contribution in [3.05, 3.63) is 28.0 Å². The van der Waals surface area contributed by atoms with Gasteiger partial charge >= 0.3 is 0 Å². The zero-order valence-corrected chi connectivity index (χ0v) is 14.7. The van der Waals surface area contributed by atoms with Crippen molar-refractivity contribution in [2.75, 3.05) is 13.1 Å². The molecule has 8 heteroatoms. The van der Waals surface area contributed by atoms with Crippen LogP contribution in [0.5, 0.6) is 0 Å². The largest absolute Gasteiger partial charge is 0.442 e. The maximum atomic E-state index is 12.9. The molecule has 0 spiro atoms. The SMILES string of the molecule is Cc1oc2ncn(CC(C)C)c(=O)c2c1C(=O)N1CCC(O)(O)CC1. The van der Waals surface area contributed by atoms with Crippen LogP contribution in [0.1, 0.15) is 42.8 Å². The van der Waals surface area contributed by atoms with Crippen LogP contribution in [0, 0.1) is 12.8 Å². The first-order valence-corrected chi connectivity index (χ1v) is 8.42. The molecule has 2 aromatic heterocycles. The molecule has 0 aliphatic carbocycles. The van der Waals surface area contributed by atoms with Gasteiger partial charge in [0.1, 0.15) is 17.5 Å². The zero-order valence-electron chi connectivity index (χ0n) is 14.7. The number of likely N-dealkylation sites (tertiary alicyclic amines) is 1. The fourth-order valence-corrected chi connectivity index (χ4v) is 3.14. The molecule has 0 atom stereocenters. The molecule has 0 saturated carbocycles. The first-order chi connectivity index (χ1) is 11.7. The van der Waals surface area contributed by atoms with Crippen molar-refractivity contribution in [2.24, 2.45) is 5.92 Å². The number of aryl methyl sites for hydroxylation is 1. The highest BCUT2D eigenvalue weighted by atomic mass is 16.5. The van der Waals surface area contributed by atoms with E-state index in [2.05, 4.69) is 4.98 Å². The van der Waals surface area contributed by atoms with Gasteiger partial charge in [0, 0.05) is 32.5 Å². The van der Waals surface area contributed by atoms with Crippen molar-refractivity contribution >= 4 is 17.0 Å². The highest BCUT2D eigenvalue weighted by Gasteiger charge is 2.34. The molecule has 3 heterocycles. The average molecular weight is 349 g/mol. The minimum atomic E-state index is -1.74. The molecular formula is C17H23N3O5. The molecule has 3 rings (SSSR count). The fraction of sp³-hybridized carbons (Fsp3) is 0.588. The normalized spacial score (nSPS) is 17.4. The number of hydrogen-bond donors (Lipinski definition) is 2. The van der Waals surface area contributed by atoms with Crippen molar-refractivity contribution in [1.82, 2.24) is 14.5 Å². The third-order valence-electron chi connectivity index (χ3n) is 4.48. The number of amides is 1. The minimum Gasteiger partial charge on any atom is -0.442 e. The second-order valence-electron chi connectivity index (χ2n) is 7.08. The number of fused-ring (bicyclic) bond motifs is 1. The molecule has 1 saturated heterocycles. The first-order valence-electron chi connectivity index (χ1n) is 8.42. The van der Waals surface area contributed by atoms with Crippen LogP contribution in [0.15, 0.2) is 15.5 Å². The van der Waals surface area contributed by atoms with Gasteiger partial charge in [-0.15, -0.1) is 0 Å². The van der Waals surface area contributed by atoms with E-state index >= 15 is 0 Å². The summed E-state index contributed by atoms with van der Waals surface area (Å²) in [6, 6.07) is 0. The van der Waals surface area contributed by atoms with Gasteiger partial charge in [-0.3, -0.25) is 14.2 Å². The van der Waals surface area contributed by atoms with Gasteiger partial charge in [0.15, 0.2) is 5.79 Å². The van der Waals surface area contributed by atoms with Crippen LogP contribution in [0.2, 0.25) is 0 Å². The molecule has 1 aliphatic rings. The second-order valence-corrected chi connectivity index (χ2v) is 7.08. The lowest BCUT2D eigenvalue weighted by Gasteiger charge is -2.34. The molecule has 0 radical (unpaired) electrons. The Morgan fingerprint density at radius 3 is 2.60 bits per heavy atom. The number of hydrogen-bond acceptors (Lipinski definition) is 6. The molecule has 2 N–H and O–H groups in total. The summed E-state index contributed by atoms with van der Waals surface area (Å²) < 4.78 is 7.01. The van der Waals surface area contributed by atoms with E-state index in [0.717, 1.165) is 0 Å². The molecule has 0 unspecified atom stereocenters.